The van der Waals surface area contributed by atoms with Crippen LogP contribution in [0.15, 0.2) is 42.5 Å². The molecule has 0 aliphatic rings. The molecule has 3 nitrogen and oxygen atoms in total. The van der Waals surface area contributed by atoms with Crippen LogP contribution in [0.4, 0.5) is 10.1 Å². The Kier molecular flexibility index (Phi) is 3.80. The molecule has 2 rings (SSSR count). The third kappa shape index (κ3) is 3.31. The maximum atomic E-state index is 13.0. The van der Waals surface area contributed by atoms with E-state index in [1.54, 1.807) is 31.2 Å². The second-order valence-electron chi connectivity index (χ2n) is 4.32. The molecule has 0 amide bonds. The average Bonchev–Trinajstić information content (AvgIpc) is 2.36. The number of hydrogen-bond donors (Lipinski definition) is 2. The second kappa shape index (κ2) is 5.52. The van der Waals surface area contributed by atoms with Crippen molar-refractivity contribution < 1.29 is 14.3 Å². The van der Waals surface area contributed by atoms with Crippen LogP contribution in [0.5, 0.6) is 0 Å². The Morgan fingerprint density at radius 2 is 2.05 bits per heavy atom. The van der Waals surface area contributed by atoms with Crippen LogP contribution in [0.3, 0.4) is 0 Å². The fourth-order valence-electron chi connectivity index (χ4n) is 1.86. The lowest BCUT2D eigenvalue weighted by molar-refractivity contribution is 0.0696. The molecule has 0 atom stereocenters. The summed E-state index contributed by atoms with van der Waals surface area (Å²) in [5.41, 5.74) is 2.62. The zero-order valence-electron chi connectivity index (χ0n) is 10.5. The normalized spacial score (nSPS) is 10.2. The van der Waals surface area contributed by atoms with Crippen LogP contribution in [0, 0.1) is 12.7 Å². The van der Waals surface area contributed by atoms with E-state index in [1.165, 1.54) is 12.1 Å². The molecule has 0 unspecified atom stereocenters. The molecule has 0 spiro atoms. The number of rotatable bonds is 4. The summed E-state index contributed by atoms with van der Waals surface area (Å²) >= 11 is 0. The van der Waals surface area contributed by atoms with Crippen molar-refractivity contribution in [1.82, 2.24) is 0 Å². The lowest BCUT2D eigenvalue weighted by atomic mass is 10.1. The van der Waals surface area contributed by atoms with Gasteiger partial charge < -0.3 is 10.4 Å². The quantitative estimate of drug-likeness (QED) is 0.884. The van der Waals surface area contributed by atoms with E-state index in [9.17, 15) is 9.18 Å². The highest BCUT2D eigenvalue weighted by Crippen LogP contribution is 2.16. The number of carboxylic acid groups (broad SMARTS) is 1. The summed E-state index contributed by atoms with van der Waals surface area (Å²) in [6, 6.07) is 11.4. The van der Waals surface area contributed by atoms with Gasteiger partial charge in [-0.1, -0.05) is 12.1 Å². The van der Waals surface area contributed by atoms with Crippen LogP contribution in [-0.4, -0.2) is 11.1 Å². The van der Waals surface area contributed by atoms with Crippen molar-refractivity contribution in [1.29, 1.82) is 0 Å². The lowest BCUT2D eigenvalue weighted by Gasteiger charge is -2.09. The molecule has 0 aromatic heterocycles. The predicted molar refractivity (Wildman–Crippen MR) is 71.9 cm³/mol. The van der Waals surface area contributed by atoms with Gasteiger partial charge in [0, 0.05) is 12.2 Å². The van der Waals surface area contributed by atoms with Crippen molar-refractivity contribution in [3.63, 3.8) is 0 Å². The third-order valence-corrected chi connectivity index (χ3v) is 2.84. The fourth-order valence-corrected chi connectivity index (χ4v) is 1.86. The van der Waals surface area contributed by atoms with E-state index in [0.29, 0.717) is 12.1 Å². The molecule has 0 bridgehead atoms. The number of hydrogen-bond acceptors (Lipinski definition) is 2. The first kappa shape index (κ1) is 13.1. The van der Waals surface area contributed by atoms with Gasteiger partial charge in [0.2, 0.25) is 0 Å². The fraction of sp³-hybridized carbons (Fsp3) is 0.133. The van der Waals surface area contributed by atoms with Gasteiger partial charge in [-0.15, -0.1) is 0 Å². The number of carboxylic acids is 1. The van der Waals surface area contributed by atoms with Crippen molar-refractivity contribution in [2.45, 2.75) is 13.5 Å². The van der Waals surface area contributed by atoms with Crippen molar-refractivity contribution in [2.75, 3.05) is 5.32 Å². The minimum Gasteiger partial charge on any atom is -0.478 e. The van der Waals surface area contributed by atoms with E-state index in [2.05, 4.69) is 5.32 Å². The minimum atomic E-state index is -0.936. The number of anilines is 1. The largest absolute Gasteiger partial charge is 0.478 e. The minimum absolute atomic E-state index is 0.267. The molecule has 98 valence electrons. The van der Waals surface area contributed by atoms with E-state index in [0.717, 1.165) is 11.3 Å². The van der Waals surface area contributed by atoms with Gasteiger partial charge in [0.15, 0.2) is 0 Å². The lowest BCUT2D eigenvalue weighted by Crippen LogP contribution is -2.03. The van der Waals surface area contributed by atoms with Gasteiger partial charge >= 0.3 is 5.97 Å². The molecular formula is C15H14FNO2. The van der Waals surface area contributed by atoms with Gasteiger partial charge in [0.1, 0.15) is 5.82 Å². The zero-order valence-corrected chi connectivity index (χ0v) is 10.5. The van der Waals surface area contributed by atoms with Gasteiger partial charge in [-0.2, -0.15) is 0 Å². The SMILES string of the molecule is Cc1cc(NCc2cccc(F)c2)ccc1C(=O)O. The average molecular weight is 259 g/mol. The Labute approximate surface area is 110 Å². The van der Waals surface area contributed by atoms with Crippen LogP contribution in [-0.2, 0) is 6.54 Å². The molecule has 0 heterocycles. The van der Waals surface area contributed by atoms with Crippen LogP contribution in [0.1, 0.15) is 21.5 Å². The summed E-state index contributed by atoms with van der Waals surface area (Å²) in [6.45, 7) is 2.24. The van der Waals surface area contributed by atoms with Gasteiger partial charge in [-0.05, 0) is 48.4 Å². The van der Waals surface area contributed by atoms with E-state index in [1.807, 2.05) is 6.07 Å². The van der Waals surface area contributed by atoms with E-state index in [4.69, 9.17) is 5.11 Å². The molecule has 2 aromatic carbocycles. The van der Waals surface area contributed by atoms with Gasteiger partial charge in [-0.25, -0.2) is 9.18 Å². The van der Waals surface area contributed by atoms with Crippen LogP contribution < -0.4 is 5.32 Å². The first-order chi connectivity index (χ1) is 9.06. The molecule has 2 aromatic rings. The van der Waals surface area contributed by atoms with Crippen molar-refractivity contribution in [2.24, 2.45) is 0 Å². The van der Waals surface area contributed by atoms with Gasteiger partial charge in [0.05, 0.1) is 5.56 Å². The monoisotopic (exact) mass is 259 g/mol. The topological polar surface area (TPSA) is 49.3 Å². The van der Waals surface area contributed by atoms with E-state index in [-0.39, 0.29) is 11.4 Å². The molecule has 0 saturated heterocycles. The standard InChI is InChI=1S/C15H14FNO2/c1-10-7-13(5-6-14(10)15(18)19)17-9-11-3-2-4-12(16)8-11/h2-8,17H,9H2,1H3,(H,18,19). The highest BCUT2D eigenvalue weighted by molar-refractivity contribution is 5.89. The Hall–Kier alpha value is -2.36. The molecule has 0 radical (unpaired) electrons. The van der Waals surface area contributed by atoms with Crippen LogP contribution in [0.25, 0.3) is 0 Å². The van der Waals surface area contributed by atoms with E-state index >= 15 is 0 Å². The number of carbonyl (C=O) groups is 1. The maximum absolute atomic E-state index is 13.0. The van der Waals surface area contributed by atoms with Crippen molar-refractivity contribution in [3.8, 4) is 0 Å². The zero-order chi connectivity index (χ0) is 13.8. The Bertz CT molecular complexity index is 611. The van der Waals surface area contributed by atoms with Crippen molar-refractivity contribution in [3.05, 3.63) is 65.0 Å². The summed E-state index contributed by atoms with van der Waals surface area (Å²) in [5.74, 6) is -1.20. The molecule has 19 heavy (non-hydrogen) atoms. The Balaban J connectivity index is 2.08. The third-order valence-electron chi connectivity index (χ3n) is 2.84. The summed E-state index contributed by atoms with van der Waals surface area (Å²) in [4.78, 5) is 10.9. The molecule has 4 heteroatoms. The highest BCUT2D eigenvalue weighted by atomic mass is 19.1. The molecular weight excluding hydrogens is 245 g/mol. The maximum Gasteiger partial charge on any atom is 0.335 e. The molecule has 2 N–H and O–H groups in total. The van der Waals surface area contributed by atoms with Crippen LogP contribution >= 0.6 is 0 Å². The molecule has 0 aliphatic heterocycles. The van der Waals surface area contributed by atoms with Gasteiger partial charge in [-0.3, -0.25) is 0 Å². The smallest absolute Gasteiger partial charge is 0.335 e. The van der Waals surface area contributed by atoms with Gasteiger partial charge in [0.25, 0.3) is 0 Å². The summed E-state index contributed by atoms with van der Waals surface area (Å²) in [6.07, 6.45) is 0. The number of benzene rings is 2. The number of nitrogens with one attached hydrogen (secondary N) is 1. The van der Waals surface area contributed by atoms with Crippen LogP contribution in [0.2, 0.25) is 0 Å². The summed E-state index contributed by atoms with van der Waals surface area (Å²) in [7, 11) is 0. The predicted octanol–water partition coefficient (Wildman–Crippen LogP) is 3.44. The molecule has 0 saturated carbocycles. The Morgan fingerprint density at radius 3 is 2.68 bits per heavy atom. The van der Waals surface area contributed by atoms with Crippen molar-refractivity contribution >= 4 is 11.7 Å². The number of aromatic carboxylic acids is 1. The molecule has 0 aliphatic carbocycles. The second-order valence-corrected chi connectivity index (χ2v) is 4.32. The van der Waals surface area contributed by atoms with E-state index < -0.39 is 5.97 Å². The first-order valence-electron chi connectivity index (χ1n) is 5.88. The summed E-state index contributed by atoms with van der Waals surface area (Å²) in [5, 5.41) is 12.1. The Morgan fingerprint density at radius 1 is 1.26 bits per heavy atom. The molecule has 0 fully saturated rings. The number of aryl methyl sites for hydroxylation is 1. The number of halogens is 1. The highest BCUT2D eigenvalue weighted by Gasteiger charge is 2.06. The first-order valence-corrected chi connectivity index (χ1v) is 5.88. The summed E-state index contributed by atoms with van der Waals surface area (Å²) < 4.78 is 13.0.